The van der Waals surface area contributed by atoms with E-state index in [4.69, 9.17) is 0 Å². The number of amides is 1. The molecule has 1 aliphatic rings. The summed E-state index contributed by atoms with van der Waals surface area (Å²) in [5.74, 6) is -0.235. The molecule has 1 N–H and O–H groups in total. The molecule has 108 valence electrons. The average Bonchev–Trinajstić information content (AvgIpc) is 2.90. The Bertz CT molecular complexity index is 684. The zero-order chi connectivity index (χ0) is 14.8. The Morgan fingerprint density at radius 1 is 1.29 bits per heavy atom. The average molecular weight is 284 g/mol. The molecule has 3 rings (SSSR count). The fourth-order valence-electron chi connectivity index (χ4n) is 2.69. The lowest BCUT2D eigenvalue weighted by molar-refractivity contribution is -0.116. The summed E-state index contributed by atoms with van der Waals surface area (Å²) in [7, 11) is 0. The van der Waals surface area contributed by atoms with Crippen molar-refractivity contribution in [3.63, 3.8) is 0 Å². The van der Waals surface area contributed by atoms with E-state index in [1.807, 2.05) is 25.1 Å². The van der Waals surface area contributed by atoms with Gasteiger partial charge < -0.3 is 10.2 Å². The first-order chi connectivity index (χ1) is 10.1. The van der Waals surface area contributed by atoms with Gasteiger partial charge in [-0.2, -0.15) is 0 Å². The van der Waals surface area contributed by atoms with Gasteiger partial charge in [-0.3, -0.25) is 4.79 Å². The number of para-hydroxylation sites is 1. The summed E-state index contributed by atoms with van der Waals surface area (Å²) in [5.41, 5.74) is 3.80. The van der Waals surface area contributed by atoms with Crippen LogP contribution in [0.3, 0.4) is 0 Å². The Kier molecular flexibility index (Phi) is 3.60. The highest BCUT2D eigenvalue weighted by Crippen LogP contribution is 2.27. The van der Waals surface area contributed by atoms with Crippen LogP contribution in [0, 0.1) is 12.7 Å². The van der Waals surface area contributed by atoms with Crippen LogP contribution in [0.5, 0.6) is 0 Å². The summed E-state index contributed by atoms with van der Waals surface area (Å²) in [6.07, 6.45) is 0.900. The molecule has 0 bridgehead atoms. The number of fused-ring (bicyclic) bond motifs is 1. The zero-order valence-corrected chi connectivity index (χ0v) is 11.9. The van der Waals surface area contributed by atoms with Crippen molar-refractivity contribution in [2.75, 3.05) is 23.3 Å². The standard InChI is InChI=1S/C17H17FN2O/c1-12-10-14(18)6-7-15(12)19-11-17(21)20-9-8-13-4-2-3-5-16(13)20/h2-7,10,19H,8-9,11H2,1H3. The monoisotopic (exact) mass is 284 g/mol. The van der Waals surface area contributed by atoms with Gasteiger partial charge in [0.25, 0.3) is 0 Å². The van der Waals surface area contributed by atoms with Gasteiger partial charge in [-0.25, -0.2) is 4.39 Å². The van der Waals surface area contributed by atoms with E-state index < -0.39 is 0 Å². The maximum atomic E-state index is 13.1. The van der Waals surface area contributed by atoms with Crippen LogP contribution in [0.4, 0.5) is 15.8 Å². The minimum Gasteiger partial charge on any atom is -0.376 e. The van der Waals surface area contributed by atoms with Gasteiger partial charge in [0.2, 0.25) is 5.91 Å². The Morgan fingerprint density at radius 2 is 2.10 bits per heavy atom. The molecule has 0 atom stereocenters. The molecule has 0 unspecified atom stereocenters. The molecular weight excluding hydrogens is 267 g/mol. The maximum Gasteiger partial charge on any atom is 0.246 e. The highest BCUT2D eigenvalue weighted by atomic mass is 19.1. The molecule has 1 aliphatic heterocycles. The van der Waals surface area contributed by atoms with E-state index in [0.717, 1.165) is 29.9 Å². The Balaban J connectivity index is 1.68. The van der Waals surface area contributed by atoms with E-state index in [9.17, 15) is 9.18 Å². The van der Waals surface area contributed by atoms with Gasteiger partial charge in [0.15, 0.2) is 0 Å². The van der Waals surface area contributed by atoms with Crippen LogP contribution in [0.15, 0.2) is 42.5 Å². The zero-order valence-electron chi connectivity index (χ0n) is 11.9. The predicted octanol–water partition coefficient (Wildman–Crippen LogP) is 3.14. The van der Waals surface area contributed by atoms with Crippen molar-refractivity contribution >= 4 is 17.3 Å². The smallest absolute Gasteiger partial charge is 0.246 e. The molecule has 4 heteroatoms. The minimum absolute atomic E-state index is 0.0312. The summed E-state index contributed by atoms with van der Waals surface area (Å²) in [6.45, 7) is 2.75. The first-order valence-electron chi connectivity index (χ1n) is 7.03. The third kappa shape index (κ3) is 2.75. The van der Waals surface area contributed by atoms with E-state index in [2.05, 4.69) is 11.4 Å². The molecular formula is C17H17FN2O. The van der Waals surface area contributed by atoms with Crippen molar-refractivity contribution in [3.8, 4) is 0 Å². The van der Waals surface area contributed by atoms with Crippen LogP contribution in [0.25, 0.3) is 0 Å². The van der Waals surface area contributed by atoms with Crippen molar-refractivity contribution in [2.24, 2.45) is 0 Å². The molecule has 0 saturated heterocycles. The van der Waals surface area contributed by atoms with Gasteiger partial charge in [0.05, 0.1) is 6.54 Å². The highest BCUT2D eigenvalue weighted by Gasteiger charge is 2.23. The van der Waals surface area contributed by atoms with E-state index in [-0.39, 0.29) is 18.3 Å². The van der Waals surface area contributed by atoms with Crippen LogP contribution < -0.4 is 10.2 Å². The number of rotatable bonds is 3. The molecule has 0 fully saturated rings. The van der Waals surface area contributed by atoms with E-state index in [1.165, 1.54) is 17.7 Å². The number of halogens is 1. The summed E-state index contributed by atoms with van der Waals surface area (Å²) in [6, 6.07) is 12.5. The molecule has 0 spiro atoms. The quantitative estimate of drug-likeness (QED) is 0.939. The number of benzene rings is 2. The molecule has 0 radical (unpaired) electrons. The normalized spacial score (nSPS) is 13.1. The summed E-state index contributed by atoms with van der Waals surface area (Å²) in [4.78, 5) is 14.2. The Labute approximate surface area is 123 Å². The van der Waals surface area contributed by atoms with Gasteiger partial charge in [-0.15, -0.1) is 0 Å². The first kappa shape index (κ1) is 13.6. The fraction of sp³-hybridized carbons (Fsp3) is 0.235. The molecule has 0 aromatic heterocycles. The Morgan fingerprint density at radius 3 is 2.90 bits per heavy atom. The van der Waals surface area contributed by atoms with Crippen LogP contribution >= 0.6 is 0 Å². The number of anilines is 2. The van der Waals surface area contributed by atoms with Crippen molar-refractivity contribution in [1.82, 2.24) is 0 Å². The number of nitrogens with zero attached hydrogens (tertiary/aromatic N) is 1. The van der Waals surface area contributed by atoms with Crippen molar-refractivity contribution in [1.29, 1.82) is 0 Å². The first-order valence-corrected chi connectivity index (χ1v) is 7.03. The van der Waals surface area contributed by atoms with Gasteiger partial charge in [-0.1, -0.05) is 18.2 Å². The number of nitrogens with one attached hydrogen (secondary N) is 1. The second-order valence-corrected chi connectivity index (χ2v) is 5.24. The van der Waals surface area contributed by atoms with Gasteiger partial charge in [0.1, 0.15) is 5.82 Å². The van der Waals surface area contributed by atoms with Crippen molar-refractivity contribution in [3.05, 3.63) is 59.4 Å². The van der Waals surface area contributed by atoms with Gasteiger partial charge in [-0.05, 0) is 48.7 Å². The summed E-state index contributed by atoms with van der Waals surface area (Å²) >= 11 is 0. The van der Waals surface area contributed by atoms with Gasteiger partial charge in [0, 0.05) is 17.9 Å². The van der Waals surface area contributed by atoms with Crippen LogP contribution in [-0.4, -0.2) is 19.0 Å². The number of hydrogen-bond acceptors (Lipinski definition) is 2. The predicted molar refractivity (Wildman–Crippen MR) is 82.1 cm³/mol. The lowest BCUT2D eigenvalue weighted by Crippen LogP contribution is -2.34. The lowest BCUT2D eigenvalue weighted by Gasteiger charge is -2.18. The largest absolute Gasteiger partial charge is 0.376 e. The minimum atomic E-state index is -0.266. The van der Waals surface area contributed by atoms with Crippen molar-refractivity contribution in [2.45, 2.75) is 13.3 Å². The molecule has 3 nitrogen and oxygen atoms in total. The van der Waals surface area contributed by atoms with E-state index in [0.29, 0.717) is 0 Å². The molecule has 1 amide bonds. The third-order valence-corrected chi connectivity index (χ3v) is 3.81. The second-order valence-electron chi connectivity index (χ2n) is 5.24. The third-order valence-electron chi connectivity index (χ3n) is 3.81. The summed E-state index contributed by atoms with van der Waals surface area (Å²) in [5, 5.41) is 3.09. The molecule has 2 aromatic rings. The molecule has 1 heterocycles. The molecule has 2 aromatic carbocycles. The number of aryl methyl sites for hydroxylation is 1. The van der Waals surface area contributed by atoms with Crippen LogP contribution in [0.2, 0.25) is 0 Å². The highest BCUT2D eigenvalue weighted by molar-refractivity contribution is 5.98. The SMILES string of the molecule is Cc1cc(F)ccc1NCC(=O)N1CCc2ccccc21. The fourth-order valence-corrected chi connectivity index (χ4v) is 2.69. The number of carbonyl (C=O) groups is 1. The van der Waals surface area contributed by atoms with E-state index >= 15 is 0 Å². The van der Waals surface area contributed by atoms with Crippen molar-refractivity contribution < 1.29 is 9.18 Å². The van der Waals surface area contributed by atoms with E-state index in [1.54, 1.807) is 11.0 Å². The molecule has 0 aliphatic carbocycles. The topological polar surface area (TPSA) is 32.3 Å². The Hall–Kier alpha value is -2.36. The lowest BCUT2D eigenvalue weighted by atomic mass is 10.2. The maximum absolute atomic E-state index is 13.1. The molecule has 21 heavy (non-hydrogen) atoms. The van der Waals surface area contributed by atoms with Crippen LogP contribution in [0.1, 0.15) is 11.1 Å². The van der Waals surface area contributed by atoms with Crippen LogP contribution in [-0.2, 0) is 11.2 Å². The number of carbonyl (C=O) groups excluding carboxylic acids is 1. The molecule has 0 saturated carbocycles. The second kappa shape index (κ2) is 5.56. The van der Waals surface area contributed by atoms with Gasteiger partial charge >= 0.3 is 0 Å². The summed E-state index contributed by atoms with van der Waals surface area (Å²) < 4.78 is 13.1. The number of hydrogen-bond donors (Lipinski definition) is 1.